The molecule has 0 unspecified atom stereocenters. The van der Waals surface area contributed by atoms with Gasteiger partial charge in [0.1, 0.15) is 0 Å². The van der Waals surface area contributed by atoms with Crippen molar-refractivity contribution in [3.63, 3.8) is 0 Å². The van der Waals surface area contributed by atoms with E-state index >= 15 is 0 Å². The number of hydrogen-bond acceptors (Lipinski definition) is 4. The minimum absolute atomic E-state index is 0.218. The molecule has 1 aliphatic rings. The molecule has 0 heterocycles. The van der Waals surface area contributed by atoms with Gasteiger partial charge in [-0.3, -0.25) is 0 Å². The molecule has 4 nitrogen and oxygen atoms in total. The van der Waals surface area contributed by atoms with Crippen LogP contribution >= 0.6 is 0 Å². The van der Waals surface area contributed by atoms with Crippen LogP contribution in [-0.4, -0.2) is 25.6 Å². The molecule has 0 fully saturated rings. The summed E-state index contributed by atoms with van der Waals surface area (Å²) in [6, 6.07) is 7.42. The fourth-order valence-corrected chi connectivity index (χ4v) is 2.58. The zero-order chi connectivity index (χ0) is 11.1. The molecule has 0 bridgehead atoms. The Morgan fingerprint density at radius 1 is 1.27 bits per heavy atom. The van der Waals surface area contributed by atoms with Crippen LogP contribution in [0.2, 0.25) is 0 Å². The molecule has 0 spiro atoms. The van der Waals surface area contributed by atoms with Crippen LogP contribution in [0, 0.1) is 0 Å². The first kappa shape index (κ1) is 10.6. The molecule has 5 heteroatoms. The molecular formula is C10H12O4S. The second-order valence-corrected chi connectivity index (χ2v) is 5.43. The van der Waals surface area contributed by atoms with Crippen molar-refractivity contribution >= 4 is 10.1 Å². The Labute approximate surface area is 88.6 Å². The van der Waals surface area contributed by atoms with Crippen LogP contribution in [0.15, 0.2) is 24.3 Å². The van der Waals surface area contributed by atoms with Crippen LogP contribution in [-0.2, 0) is 27.1 Å². The Bertz CT molecular complexity index is 453. The molecule has 0 radical (unpaired) electrons. The summed E-state index contributed by atoms with van der Waals surface area (Å²) in [5.74, 6) is -1.60. The predicted octanol–water partition coefficient (Wildman–Crippen LogP) is 0.450. The van der Waals surface area contributed by atoms with Gasteiger partial charge in [0.05, 0.1) is 6.26 Å². The van der Waals surface area contributed by atoms with Crippen molar-refractivity contribution in [2.75, 3.05) is 6.26 Å². The van der Waals surface area contributed by atoms with E-state index in [0.717, 1.165) is 17.4 Å². The average Bonchev–Trinajstić information content (AvgIpc) is 2.35. The van der Waals surface area contributed by atoms with E-state index in [-0.39, 0.29) is 12.8 Å². The smallest absolute Gasteiger partial charge is 0.267 e. The van der Waals surface area contributed by atoms with Crippen molar-refractivity contribution in [2.24, 2.45) is 0 Å². The molecule has 0 amide bonds. The van der Waals surface area contributed by atoms with E-state index in [0.29, 0.717) is 0 Å². The van der Waals surface area contributed by atoms with Gasteiger partial charge < -0.3 is 5.11 Å². The summed E-state index contributed by atoms with van der Waals surface area (Å²) in [7, 11) is -3.63. The maximum atomic E-state index is 11.0. The van der Waals surface area contributed by atoms with Gasteiger partial charge >= 0.3 is 0 Å². The highest BCUT2D eigenvalue weighted by Gasteiger charge is 2.39. The molecule has 82 valence electrons. The number of rotatable bonds is 2. The minimum Gasteiger partial charge on any atom is -0.364 e. The highest BCUT2D eigenvalue weighted by Crippen LogP contribution is 2.31. The summed E-state index contributed by atoms with van der Waals surface area (Å²) in [6.45, 7) is 0. The van der Waals surface area contributed by atoms with Gasteiger partial charge in [0.2, 0.25) is 0 Å². The average molecular weight is 228 g/mol. The van der Waals surface area contributed by atoms with E-state index < -0.39 is 15.9 Å². The molecule has 0 aliphatic heterocycles. The van der Waals surface area contributed by atoms with Crippen molar-refractivity contribution in [3.8, 4) is 0 Å². The van der Waals surface area contributed by atoms with Gasteiger partial charge in [-0.25, -0.2) is 4.18 Å². The second-order valence-electron chi connectivity index (χ2n) is 3.86. The lowest BCUT2D eigenvalue weighted by atomic mass is 10.1. The SMILES string of the molecule is CS(=O)(=O)OC1(O)Cc2ccccc2C1. The first-order chi connectivity index (χ1) is 6.88. The van der Waals surface area contributed by atoms with Crippen LogP contribution < -0.4 is 0 Å². The zero-order valence-corrected chi connectivity index (χ0v) is 9.12. The highest BCUT2D eigenvalue weighted by molar-refractivity contribution is 7.86. The molecule has 1 aromatic carbocycles. The van der Waals surface area contributed by atoms with E-state index in [1.165, 1.54) is 0 Å². The number of hydrogen-bond donors (Lipinski definition) is 1. The van der Waals surface area contributed by atoms with Gasteiger partial charge in [-0.2, -0.15) is 8.42 Å². The first-order valence-corrected chi connectivity index (χ1v) is 6.39. The summed E-state index contributed by atoms with van der Waals surface area (Å²) in [6.07, 6.45) is 1.38. The summed E-state index contributed by atoms with van der Waals surface area (Å²) in [5, 5.41) is 9.95. The maximum Gasteiger partial charge on any atom is 0.267 e. The van der Waals surface area contributed by atoms with Crippen LogP contribution in [0.25, 0.3) is 0 Å². The molecule has 0 saturated carbocycles. The lowest BCUT2D eigenvalue weighted by Crippen LogP contribution is -2.35. The van der Waals surface area contributed by atoms with Gasteiger partial charge in [0.15, 0.2) is 5.79 Å². The molecule has 0 saturated heterocycles. The summed E-state index contributed by atoms with van der Waals surface area (Å²) in [5.41, 5.74) is 1.87. The Morgan fingerprint density at radius 3 is 2.13 bits per heavy atom. The zero-order valence-electron chi connectivity index (χ0n) is 8.30. The third kappa shape index (κ3) is 2.37. The minimum atomic E-state index is -3.63. The lowest BCUT2D eigenvalue weighted by Gasteiger charge is -2.20. The Balaban J connectivity index is 2.25. The summed E-state index contributed by atoms with van der Waals surface area (Å²) in [4.78, 5) is 0. The Morgan fingerprint density at radius 2 is 1.73 bits per heavy atom. The molecule has 15 heavy (non-hydrogen) atoms. The fraction of sp³-hybridized carbons (Fsp3) is 0.400. The van der Waals surface area contributed by atoms with Gasteiger partial charge in [-0.1, -0.05) is 24.3 Å². The molecular weight excluding hydrogens is 216 g/mol. The van der Waals surface area contributed by atoms with Crippen LogP contribution in [0.3, 0.4) is 0 Å². The van der Waals surface area contributed by atoms with E-state index in [9.17, 15) is 13.5 Å². The van der Waals surface area contributed by atoms with Crippen molar-refractivity contribution < 1.29 is 17.7 Å². The molecule has 0 atom stereocenters. The van der Waals surface area contributed by atoms with E-state index in [2.05, 4.69) is 0 Å². The maximum absolute atomic E-state index is 11.0. The van der Waals surface area contributed by atoms with Crippen LogP contribution in [0.4, 0.5) is 0 Å². The molecule has 1 aromatic rings. The molecule has 1 N–H and O–H groups in total. The monoisotopic (exact) mass is 228 g/mol. The summed E-state index contributed by atoms with van der Waals surface area (Å²) >= 11 is 0. The van der Waals surface area contributed by atoms with Crippen LogP contribution in [0.1, 0.15) is 11.1 Å². The Hall–Kier alpha value is -0.910. The molecule has 2 rings (SSSR count). The Kier molecular flexibility index (Phi) is 2.33. The van der Waals surface area contributed by atoms with Gasteiger partial charge in [0.25, 0.3) is 10.1 Å². The standard InChI is InChI=1S/C10H12O4S/c1-15(12,13)14-10(11)6-8-4-2-3-5-9(8)7-10/h2-5,11H,6-7H2,1H3. The van der Waals surface area contributed by atoms with Gasteiger partial charge in [0, 0.05) is 12.8 Å². The normalized spacial score (nSPS) is 18.8. The largest absolute Gasteiger partial charge is 0.364 e. The van der Waals surface area contributed by atoms with E-state index in [4.69, 9.17) is 4.18 Å². The van der Waals surface area contributed by atoms with Crippen molar-refractivity contribution in [1.82, 2.24) is 0 Å². The number of benzene rings is 1. The fourth-order valence-electron chi connectivity index (χ4n) is 1.90. The number of fused-ring (bicyclic) bond motifs is 1. The third-order valence-corrected chi connectivity index (χ3v) is 2.97. The molecule has 0 aromatic heterocycles. The van der Waals surface area contributed by atoms with Crippen molar-refractivity contribution in [3.05, 3.63) is 35.4 Å². The topological polar surface area (TPSA) is 63.6 Å². The third-order valence-electron chi connectivity index (χ3n) is 2.36. The highest BCUT2D eigenvalue weighted by atomic mass is 32.2. The van der Waals surface area contributed by atoms with Gasteiger partial charge in [-0.15, -0.1) is 0 Å². The summed E-state index contributed by atoms with van der Waals surface area (Å²) < 4.78 is 26.6. The van der Waals surface area contributed by atoms with E-state index in [1.807, 2.05) is 24.3 Å². The second kappa shape index (κ2) is 3.30. The lowest BCUT2D eigenvalue weighted by molar-refractivity contribution is -0.122. The predicted molar refractivity (Wildman–Crippen MR) is 54.7 cm³/mol. The van der Waals surface area contributed by atoms with E-state index in [1.54, 1.807) is 0 Å². The van der Waals surface area contributed by atoms with Crippen molar-refractivity contribution in [1.29, 1.82) is 0 Å². The first-order valence-electron chi connectivity index (χ1n) is 4.58. The number of aliphatic hydroxyl groups is 1. The quantitative estimate of drug-likeness (QED) is 0.589. The molecule has 1 aliphatic carbocycles. The van der Waals surface area contributed by atoms with Gasteiger partial charge in [-0.05, 0) is 11.1 Å². The van der Waals surface area contributed by atoms with Crippen molar-refractivity contribution in [2.45, 2.75) is 18.6 Å². The van der Waals surface area contributed by atoms with Crippen LogP contribution in [0.5, 0.6) is 0 Å².